The molecule has 0 unspecified atom stereocenters. The monoisotopic (exact) mass is 151 g/mol. The van der Waals surface area contributed by atoms with Crippen LogP contribution < -0.4 is 4.74 Å². The van der Waals surface area contributed by atoms with Crippen molar-refractivity contribution in [2.75, 3.05) is 0 Å². The Morgan fingerprint density at radius 1 is 1.64 bits per heavy atom. The lowest BCUT2D eigenvalue weighted by Crippen LogP contribution is -2.09. The highest BCUT2D eigenvalue weighted by atomic mass is 16.5. The van der Waals surface area contributed by atoms with Crippen molar-refractivity contribution in [3.8, 4) is 5.75 Å². The smallest absolute Gasteiger partial charge is 0.137 e. The number of ether oxygens (including phenoxy) is 1. The van der Waals surface area contributed by atoms with Crippen LogP contribution in [0.3, 0.4) is 0 Å². The van der Waals surface area contributed by atoms with Crippen molar-refractivity contribution in [3.63, 3.8) is 0 Å². The Morgan fingerprint density at radius 3 is 3.00 bits per heavy atom. The van der Waals surface area contributed by atoms with Crippen molar-refractivity contribution in [1.82, 2.24) is 4.98 Å². The van der Waals surface area contributed by atoms with E-state index in [1.165, 1.54) is 0 Å². The van der Waals surface area contributed by atoms with E-state index < -0.39 is 0 Å². The average molecular weight is 151 g/mol. The molecular weight excluding hydrogens is 138 g/mol. The maximum Gasteiger partial charge on any atom is 0.137 e. The molecule has 1 rings (SSSR count). The Labute approximate surface area is 67.2 Å². The molecule has 2 nitrogen and oxygen atoms in total. The van der Waals surface area contributed by atoms with Gasteiger partial charge < -0.3 is 4.74 Å². The van der Waals surface area contributed by atoms with Gasteiger partial charge in [0.25, 0.3) is 0 Å². The summed E-state index contributed by atoms with van der Waals surface area (Å²) in [5.74, 6) is 0.849. The van der Waals surface area contributed by atoms with E-state index in [-0.39, 0.29) is 6.10 Å². The van der Waals surface area contributed by atoms with Crippen LogP contribution in [0.5, 0.6) is 5.75 Å². The predicted octanol–water partition coefficient (Wildman–Crippen LogP) is 2.26. The Balaban J connectivity index is 2.51. The minimum Gasteiger partial charge on any atom is -0.489 e. The number of hydrogen-bond acceptors (Lipinski definition) is 2. The summed E-state index contributed by atoms with van der Waals surface area (Å²) in [7, 11) is 0. The van der Waals surface area contributed by atoms with Gasteiger partial charge in [-0.05, 0) is 25.5 Å². The van der Waals surface area contributed by atoms with Crippen molar-refractivity contribution >= 4 is 0 Å². The predicted molar refractivity (Wildman–Crippen MR) is 44.6 cm³/mol. The highest BCUT2D eigenvalue weighted by molar-refractivity contribution is 5.15. The number of pyridine rings is 1. The van der Waals surface area contributed by atoms with E-state index in [2.05, 4.69) is 11.9 Å². The van der Waals surface area contributed by atoms with Crippen molar-refractivity contribution in [2.45, 2.75) is 26.4 Å². The molecule has 0 aromatic carbocycles. The van der Waals surface area contributed by atoms with Gasteiger partial charge in [0.2, 0.25) is 0 Å². The summed E-state index contributed by atoms with van der Waals surface area (Å²) in [6, 6.07) is 3.79. The maximum absolute atomic E-state index is 5.50. The highest BCUT2D eigenvalue weighted by Crippen LogP contribution is 2.09. The van der Waals surface area contributed by atoms with Crippen LogP contribution in [-0.2, 0) is 0 Å². The van der Waals surface area contributed by atoms with E-state index in [0.717, 1.165) is 12.2 Å². The van der Waals surface area contributed by atoms with Crippen LogP contribution in [0.2, 0.25) is 0 Å². The molecule has 60 valence electrons. The molecule has 0 radical (unpaired) electrons. The van der Waals surface area contributed by atoms with Crippen molar-refractivity contribution in [2.24, 2.45) is 0 Å². The third kappa shape index (κ3) is 2.58. The number of nitrogens with zero attached hydrogens (tertiary/aromatic N) is 1. The summed E-state index contributed by atoms with van der Waals surface area (Å²) in [5, 5.41) is 0. The fourth-order valence-electron chi connectivity index (χ4n) is 0.732. The summed E-state index contributed by atoms with van der Waals surface area (Å²) in [6.45, 7) is 4.15. The van der Waals surface area contributed by atoms with E-state index in [1.807, 2.05) is 19.1 Å². The van der Waals surface area contributed by atoms with Gasteiger partial charge in [0.1, 0.15) is 5.75 Å². The molecule has 1 atom stereocenters. The van der Waals surface area contributed by atoms with Gasteiger partial charge in [-0.1, -0.05) is 6.92 Å². The van der Waals surface area contributed by atoms with Crippen LogP contribution in [0, 0.1) is 0 Å². The van der Waals surface area contributed by atoms with Crippen LogP contribution in [-0.4, -0.2) is 11.1 Å². The quantitative estimate of drug-likeness (QED) is 0.661. The molecule has 0 spiro atoms. The molecule has 1 aromatic heterocycles. The first-order valence-electron chi connectivity index (χ1n) is 3.89. The molecule has 0 aliphatic heterocycles. The fraction of sp³-hybridized carbons (Fsp3) is 0.444. The molecule has 1 aromatic rings. The van der Waals surface area contributed by atoms with Crippen molar-refractivity contribution in [1.29, 1.82) is 0 Å². The first-order valence-corrected chi connectivity index (χ1v) is 3.89. The lowest BCUT2D eigenvalue weighted by atomic mass is 10.3. The zero-order chi connectivity index (χ0) is 8.10. The summed E-state index contributed by atoms with van der Waals surface area (Å²) in [5.41, 5.74) is 0. The van der Waals surface area contributed by atoms with Gasteiger partial charge in [0.15, 0.2) is 0 Å². The van der Waals surface area contributed by atoms with Crippen LogP contribution in [0.15, 0.2) is 24.5 Å². The SMILES string of the molecule is CC[C@H](C)Oc1cccnc1. The minimum absolute atomic E-state index is 0.277. The second-order valence-corrected chi connectivity index (χ2v) is 2.53. The number of hydrogen-bond donors (Lipinski definition) is 0. The van der Waals surface area contributed by atoms with Gasteiger partial charge in [-0.25, -0.2) is 0 Å². The molecule has 0 amide bonds. The van der Waals surface area contributed by atoms with Gasteiger partial charge in [-0.15, -0.1) is 0 Å². The normalized spacial score (nSPS) is 12.5. The molecular formula is C9H13NO. The zero-order valence-corrected chi connectivity index (χ0v) is 6.95. The fourth-order valence-corrected chi connectivity index (χ4v) is 0.732. The summed E-state index contributed by atoms with van der Waals surface area (Å²) >= 11 is 0. The van der Waals surface area contributed by atoms with Gasteiger partial charge in [-0.2, -0.15) is 0 Å². The lowest BCUT2D eigenvalue weighted by molar-refractivity contribution is 0.216. The van der Waals surface area contributed by atoms with E-state index in [1.54, 1.807) is 12.4 Å². The van der Waals surface area contributed by atoms with Crippen molar-refractivity contribution in [3.05, 3.63) is 24.5 Å². The topological polar surface area (TPSA) is 22.1 Å². The molecule has 2 heteroatoms. The van der Waals surface area contributed by atoms with E-state index in [4.69, 9.17) is 4.74 Å². The second kappa shape index (κ2) is 3.96. The van der Waals surface area contributed by atoms with Gasteiger partial charge in [-0.3, -0.25) is 4.98 Å². The molecule has 11 heavy (non-hydrogen) atoms. The highest BCUT2D eigenvalue weighted by Gasteiger charge is 1.98. The standard InChI is InChI=1S/C9H13NO/c1-3-8(2)11-9-5-4-6-10-7-9/h4-8H,3H2,1-2H3/t8-/m0/s1. The second-order valence-electron chi connectivity index (χ2n) is 2.53. The van der Waals surface area contributed by atoms with E-state index in [0.29, 0.717) is 0 Å². The van der Waals surface area contributed by atoms with E-state index in [9.17, 15) is 0 Å². The third-order valence-electron chi connectivity index (χ3n) is 1.55. The Morgan fingerprint density at radius 2 is 2.45 bits per heavy atom. The first kappa shape index (κ1) is 8.05. The lowest BCUT2D eigenvalue weighted by Gasteiger charge is -2.10. The zero-order valence-electron chi connectivity index (χ0n) is 6.95. The molecule has 0 saturated carbocycles. The Kier molecular flexibility index (Phi) is 2.90. The number of aromatic nitrogens is 1. The Bertz CT molecular complexity index is 198. The van der Waals surface area contributed by atoms with Crippen LogP contribution in [0.25, 0.3) is 0 Å². The Hall–Kier alpha value is -1.05. The van der Waals surface area contributed by atoms with Crippen LogP contribution in [0.1, 0.15) is 20.3 Å². The number of rotatable bonds is 3. The van der Waals surface area contributed by atoms with Crippen LogP contribution >= 0.6 is 0 Å². The largest absolute Gasteiger partial charge is 0.489 e. The molecule has 0 bridgehead atoms. The molecule has 0 aliphatic carbocycles. The third-order valence-corrected chi connectivity index (χ3v) is 1.55. The molecule has 0 saturated heterocycles. The average Bonchev–Trinajstić information content (AvgIpc) is 2.06. The molecule has 1 heterocycles. The van der Waals surface area contributed by atoms with Crippen LogP contribution in [0.4, 0.5) is 0 Å². The molecule has 0 fully saturated rings. The van der Waals surface area contributed by atoms with Crippen molar-refractivity contribution < 1.29 is 4.74 Å². The first-order chi connectivity index (χ1) is 5.33. The van der Waals surface area contributed by atoms with Gasteiger partial charge in [0, 0.05) is 6.20 Å². The molecule has 0 N–H and O–H groups in total. The van der Waals surface area contributed by atoms with E-state index >= 15 is 0 Å². The summed E-state index contributed by atoms with van der Waals surface area (Å²) < 4.78 is 5.50. The molecule has 0 aliphatic rings. The minimum atomic E-state index is 0.277. The summed E-state index contributed by atoms with van der Waals surface area (Å²) in [6.07, 6.45) is 4.77. The van der Waals surface area contributed by atoms with Gasteiger partial charge >= 0.3 is 0 Å². The van der Waals surface area contributed by atoms with Gasteiger partial charge in [0.05, 0.1) is 12.3 Å². The summed E-state index contributed by atoms with van der Waals surface area (Å²) in [4.78, 5) is 3.95. The maximum atomic E-state index is 5.50.